The Kier molecular flexibility index (Phi) is 2.34. The van der Waals surface area contributed by atoms with E-state index in [1.54, 1.807) is 0 Å². The SMILES string of the molecule is C[C@H]1CCCCNC1. The van der Waals surface area contributed by atoms with Gasteiger partial charge in [0.05, 0.1) is 0 Å². The van der Waals surface area contributed by atoms with Crippen LogP contribution >= 0.6 is 0 Å². The highest BCUT2D eigenvalue weighted by atomic mass is 14.9. The van der Waals surface area contributed by atoms with Gasteiger partial charge < -0.3 is 5.32 Å². The van der Waals surface area contributed by atoms with Gasteiger partial charge in [-0.05, 0) is 31.8 Å². The number of rotatable bonds is 0. The van der Waals surface area contributed by atoms with E-state index >= 15 is 0 Å². The van der Waals surface area contributed by atoms with Crippen LogP contribution in [0.2, 0.25) is 0 Å². The molecule has 1 rings (SSSR count). The topological polar surface area (TPSA) is 12.0 Å². The summed E-state index contributed by atoms with van der Waals surface area (Å²) < 4.78 is 0. The highest BCUT2D eigenvalue weighted by Crippen LogP contribution is 2.08. The average Bonchev–Trinajstić information content (AvgIpc) is 1.94. The zero-order valence-corrected chi connectivity index (χ0v) is 5.61. The van der Waals surface area contributed by atoms with Crippen molar-refractivity contribution in [3.63, 3.8) is 0 Å². The van der Waals surface area contributed by atoms with E-state index in [4.69, 9.17) is 0 Å². The van der Waals surface area contributed by atoms with Gasteiger partial charge in [0.2, 0.25) is 0 Å². The van der Waals surface area contributed by atoms with Gasteiger partial charge in [0, 0.05) is 0 Å². The summed E-state index contributed by atoms with van der Waals surface area (Å²) in [4.78, 5) is 0. The first-order valence-corrected chi connectivity index (χ1v) is 3.60. The Labute approximate surface area is 51.5 Å². The fourth-order valence-electron chi connectivity index (χ4n) is 1.19. The van der Waals surface area contributed by atoms with Gasteiger partial charge in [-0.25, -0.2) is 0 Å². The smallest absolute Gasteiger partial charge is 0.00232 e. The van der Waals surface area contributed by atoms with E-state index in [2.05, 4.69) is 12.2 Å². The Morgan fingerprint density at radius 2 is 2.25 bits per heavy atom. The van der Waals surface area contributed by atoms with E-state index in [-0.39, 0.29) is 0 Å². The van der Waals surface area contributed by atoms with Gasteiger partial charge in [0.25, 0.3) is 0 Å². The second-order valence-corrected chi connectivity index (χ2v) is 2.81. The lowest BCUT2D eigenvalue weighted by Crippen LogP contribution is -2.18. The minimum absolute atomic E-state index is 0.914. The summed E-state index contributed by atoms with van der Waals surface area (Å²) in [6.45, 7) is 4.79. The molecule has 0 radical (unpaired) electrons. The van der Waals surface area contributed by atoms with Gasteiger partial charge in [0.15, 0.2) is 0 Å². The lowest BCUT2D eigenvalue weighted by molar-refractivity contribution is 0.525. The molecule has 0 spiro atoms. The van der Waals surface area contributed by atoms with E-state index in [0.717, 1.165) is 5.92 Å². The predicted molar refractivity (Wildman–Crippen MR) is 35.9 cm³/mol. The lowest BCUT2D eigenvalue weighted by Gasteiger charge is -2.03. The fraction of sp³-hybridized carbons (Fsp3) is 1.00. The first kappa shape index (κ1) is 6.09. The number of nitrogens with one attached hydrogen (secondary N) is 1. The summed E-state index contributed by atoms with van der Waals surface area (Å²) in [6.07, 6.45) is 4.23. The van der Waals surface area contributed by atoms with Gasteiger partial charge in [-0.3, -0.25) is 0 Å². The van der Waals surface area contributed by atoms with Crippen molar-refractivity contribution < 1.29 is 0 Å². The molecule has 0 aliphatic carbocycles. The Morgan fingerprint density at radius 3 is 3.12 bits per heavy atom. The van der Waals surface area contributed by atoms with Crippen LogP contribution in [0.4, 0.5) is 0 Å². The maximum absolute atomic E-state index is 3.40. The monoisotopic (exact) mass is 113 g/mol. The quantitative estimate of drug-likeness (QED) is 0.500. The highest BCUT2D eigenvalue weighted by molar-refractivity contribution is 4.62. The van der Waals surface area contributed by atoms with E-state index in [9.17, 15) is 0 Å². The van der Waals surface area contributed by atoms with Crippen LogP contribution in [0.1, 0.15) is 26.2 Å². The third kappa shape index (κ3) is 1.83. The van der Waals surface area contributed by atoms with Crippen molar-refractivity contribution in [3.05, 3.63) is 0 Å². The third-order valence-corrected chi connectivity index (χ3v) is 1.79. The summed E-state index contributed by atoms with van der Waals surface area (Å²) in [5.74, 6) is 0.914. The molecule has 8 heavy (non-hydrogen) atoms. The molecule has 0 amide bonds. The van der Waals surface area contributed by atoms with Gasteiger partial charge in [-0.15, -0.1) is 0 Å². The van der Waals surface area contributed by atoms with Crippen molar-refractivity contribution in [2.24, 2.45) is 5.92 Å². The Hall–Kier alpha value is -0.0400. The fourth-order valence-corrected chi connectivity index (χ4v) is 1.19. The van der Waals surface area contributed by atoms with Crippen LogP contribution in [-0.2, 0) is 0 Å². The number of hydrogen-bond donors (Lipinski definition) is 1. The summed E-state index contributed by atoms with van der Waals surface area (Å²) in [7, 11) is 0. The predicted octanol–water partition coefficient (Wildman–Crippen LogP) is 1.40. The Bertz CT molecular complexity index is 53.4. The normalized spacial score (nSPS) is 31.9. The zero-order chi connectivity index (χ0) is 5.82. The lowest BCUT2D eigenvalue weighted by atomic mass is 10.1. The van der Waals surface area contributed by atoms with Crippen LogP contribution in [0.5, 0.6) is 0 Å². The van der Waals surface area contributed by atoms with E-state index in [1.165, 1.54) is 32.4 Å². The van der Waals surface area contributed by atoms with Crippen LogP contribution in [-0.4, -0.2) is 13.1 Å². The van der Waals surface area contributed by atoms with Gasteiger partial charge in [-0.1, -0.05) is 13.3 Å². The van der Waals surface area contributed by atoms with Crippen LogP contribution < -0.4 is 5.32 Å². The molecule has 0 aromatic carbocycles. The number of hydrogen-bond acceptors (Lipinski definition) is 1. The molecule has 1 saturated heterocycles. The van der Waals surface area contributed by atoms with Crippen molar-refractivity contribution in [3.8, 4) is 0 Å². The Morgan fingerprint density at radius 1 is 1.38 bits per heavy atom. The van der Waals surface area contributed by atoms with Crippen LogP contribution in [0.25, 0.3) is 0 Å². The van der Waals surface area contributed by atoms with E-state index in [1.807, 2.05) is 0 Å². The summed E-state index contributed by atoms with van der Waals surface area (Å²) >= 11 is 0. The minimum Gasteiger partial charge on any atom is -0.316 e. The van der Waals surface area contributed by atoms with E-state index < -0.39 is 0 Å². The van der Waals surface area contributed by atoms with Gasteiger partial charge in [0.1, 0.15) is 0 Å². The summed E-state index contributed by atoms with van der Waals surface area (Å²) in [6, 6.07) is 0. The molecule has 0 saturated carbocycles. The molecule has 0 bridgehead atoms. The highest BCUT2D eigenvalue weighted by Gasteiger charge is 2.04. The van der Waals surface area contributed by atoms with Crippen molar-refractivity contribution in [1.29, 1.82) is 0 Å². The molecule has 1 fully saturated rings. The minimum atomic E-state index is 0.914. The zero-order valence-electron chi connectivity index (χ0n) is 5.61. The molecule has 1 nitrogen and oxygen atoms in total. The maximum atomic E-state index is 3.40. The largest absolute Gasteiger partial charge is 0.316 e. The van der Waals surface area contributed by atoms with Crippen molar-refractivity contribution in [1.82, 2.24) is 5.32 Å². The average molecular weight is 113 g/mol. The van der Waals surface area contributed by atoms with Crippen LogP contribution in [0, 0.1) is 5.92 Å². The maximum Gasteiger partial charge on any atom is -0.00232 e. The van der Waals surface area contributed by atoms with E-state index in [0.29, 0.717) is 0 Å². The second kappa shape index (κ2) is 3.08. The second-order valence-electron chi connectivity index (χ2n) is 2.81. The first-order valence-electron chi connectivity index (χ1n) is 3.60. The molecule has 1 heterocycles. The molecule has 0 aromatic heterocycles. The molecule has 1 aliphatic heterocycles. The molecule has 0 aromatic rings. The molecule has 1 atom stereocenters. The summed E-state index contributed by atoms with van der Waals surface area (Å²) in [5, 5.41) is 3.40. The molecule has 1 heteroatoms. The van der Waals surface area contributed by atoms with Gasteiger partial charge in [-0.2, -0.15) is 0 Å². The molecule has 1 aliphatic rings. The van der Waals surface area contributed by atoms with Crippen molar-refractivity contribution in [2.45, 2.75) is 26.2 Å². The third-order valence-electron chi connectivity index (χ3n) is 1.79. The summed E-state index contributed by atoms with van der Waals surface area (Å²) in [5.41, 5.74) is 0. The van der Waals surface area contributed by atoms with Crippen LogP contribution in [0.3, 0.4) is 0 Å². The van der Waals surface area contributed by atoms with Crippen molar-refractivity contribution >= 4 is 0 Å². The molecular weight excluding hydrogens is 98.1 g/mol. The Balaban J connectivity index is 2.17. The molecular formula is C7H15N. The first-order chi connectivity index (χ1) is 3.89. The molecule has 1 N–H and O–H groups in total. The molecule has 48 valence electrons. The van der Waals surface area contributed by atoms with Gasteiger partial charge >= 0.3 is 0 Å². The van der Waals surface area contributed by atoms with Crippen molar-refractivity contribution in [2.75, 3.05) is 13.1 Å². The van der Waals surface area contributed by atoms with Crippen LogP contribution in [0.15, 0.2) is 0 Å². The molecule has 0 unspecified atom stereocenters. The standard InChI is InChI=1S/C7H15N/c1-7-4-2-3-5-8-6-7/h7-8H,2-6H2,1H3/t7-/m0/s1.